The summed E-state index contributed by atoms with van der Waals surface area (Å²) < 4.78 is 0. The van der Waals surface area contributed by atoms with Crippen molar-refractivity contribution in [1.82, 2.24) is 10.6 Å². The van der Waals surface area contributed by atoms with Crippen molar-refractivity contribution in [2.24, 2.45) is 0 Å². The van der Waals surface area contributed by atoms with Crippen molar-refractivity contribution in [3.63, 3.8) is 0 Å². The Morgan fingerprint density at radius 3 is 2.62 bits per heavy atom. The molecule has 5 nitrogen and oxygen atoms in total. The molecule has 0 aromatic carbocycles. The van der Waals surface area contributed by atoms with E-state index in [-0.39, 0.29) is 18.0 Å². The van der Waals surface area contributed by atoms with Gasteiger partial charge in [0, 0.05) is 6.54 Å². The van der Waals surface area contributed by atoms with Crippen LogP contribution in [0.15, 0.2) is 0 Å². The molecule has 5 heteroatoms. The van der Waals surface area contributed by atoms with Gasteiger partial charge in [-0.1, -0.05) is 12.8 Å². The number of β-amino-alcohol motifs (C(OH)–C–C–N with tert-alkyl or cyclic N) is 1. The predicted octanol–water partition coefficient (Wildman–Crippen LogP) is -0.871. The van der Waals surface area contributed by atoms with Crippen LogP contribution in [0.5, 0.6) is 0 Å². The monoisotopic (exact) mass is 228 g/mol. The van der Waals surface area contributed by atoms with Crippen molar-refractivity contribution in [3.05, 3.63) is 0 Å². The summed E-state index contributed by atoms with van der Waals surface area (Å²) in [5.74, 6) is -0.0949. The summed E-state index contributed by atoms with van der Waals surface area (Å²) in [6.07, 6.45) is 3.34. The largest absolute Gasteiger partial charge is 0.392 e. The molecule has 2 unspecified atom stereocenters. The molecule has 0 aromatic heterocycles. The van der Waals surface area contributed by atoms with E-state index in [1.165, 1.54) is 0 Å². The molecule has 1 saturated carbocycles. The van der Waals surface area contributed by atoms with Gasteiger partial charge in [0.15, 0.2) is 0 Å². The second-order valence-electron chi connectivity index (χ2n) is 4.82. The van der Waals surface area contributed by atoms with Crippen molar-refractivity contribution in [1.29, 1.82) is 0 Å². The first-order valence-corrected chi connectivity index (χ1v) is 6.06. The molecule has 1 aliphatic heterocycles. The van der Waals surface area contributed by atoms with E-state index in [1.807, 2.05) is 0 Å². The fourth-order valence-electron chi connectivity index (χ4n) is 2.48. The van der Waals surface area contributed by atoms with E-state index in [9.17, 15) is 15.0 Å². The summed E-state index contributed by atoms with van der Waals surface area (Å²) in [5.41, 5.74) is 0. The highest BCUT2D eigenvalue weighted by Crippen LogP contribution is 2.18. The zero-order chi connectivity index (χ0) is 11.5. The highest BCUT2D eigenvalue weighted by Gasteiger charge is 2.31. The van der Waals surface area contributed by atoms with E-state index in [2.05, 4.69) is 10.6 Å². The predicted molar refractivity (Wildman–Crippen MR) is 58.8 cm³/mol. The zero-order valence-electron chi connectivity index (χ0n) is 9.35. The van der Waals surface area contributed by atoms with Crippen molar-refractivity contribution in [3.8, 4) is 0 Å². The number of rotatable bonds is 2. The Labute approximate surface area is 95.2 Å². The highest BCUT2D eigenvalue weighted by molar-refractivity contribution is 5.82. The van der Waals surface area contributed by atoms with Gasteiger partial charge >= 0.3 is 0 Å². The lowest BCUT2D eigenvalue weighted by atomic mass is 9.92. The molecule has 2 fully saturated rings. The SMILES string of the molecule is O=C(N[C@H]1CCCC[C@@H]1O)C1CC(O)CN1. The first-order valence-electron chi connectivity index (χ1n) is 6.06. The molecule has 0 bridgehead atoms. The summed E-state index contributed by atoms with van der Waals surface area (Å²) in [6, 6.07) is -0.412. The van der Waals surface area contributed by atoms with Crippen LogP contribution in [0.3, 0.4) is 0 Å². The minimum absolute atomic E-state index is 0.0949. The van der Waals surface area contributed by atoms with Crippen LogP contribution >= 0.6 is 0 Å². The first-order chi connectivity index (χ1) is 7.66. The molecule has 2 rings (SSSR count). The average Bonchev–Trinajstić information content (AvgIpc) is 2.68. The van der Waals surface area contributed by atoms with Gasteiger partial charge in [-0.25, -0.2) is 0 Å². The minimum atomic E-state index is -0.424. The zero-order valence-corrected chi connectivity index (χ0v) is 9.35. The first kappa shape index (κ1) is 11.8. The Morgan fingerprint density at radius 1 is 1.25 bits per heavy atom. The summed E-state index contributed by atoms with van der Waals surface area (Å²) >= 11 is 0. The molecule has 16 heavy (non-hydrogen) atoms. The summed E-state index contributed by atoms with van der Waals surface area (Å²) in [6.45, 7) is 0.477. The molecule has 1 saturated heterocycles. The van der Waals surface area contributed by atoms with Gasteiger partial charge < -0.3 is 20.8 Å². The van der Waals surface area contributed by atoms with Gasteiger partial charge in [-0.05, 0) is 19.3 Å². The second kappa shape index (κ2) is 5.12. The molecule has 1 amide bonds. The number of hydrogen-bond acceptors (Lipinski definition) is 4. The topological polar surface area (TPSA) is 81.6 Å². The summed E-state index contributed by atoms with van der Waals surface area (Å²) in [4.78, 5) is 11.8. The van der Waals surface area contributed by atoms with Crippen LogP contribution in [0.25, 0.3) is 0 Å². The van der Waals surface area contributed by atoms with Crippen LogP contribution in [-0.4, -0.2) is 47.0 Å². The quantitative estimate of drug-likeness (QED) is 0.495. The van der Waals surface area contributed by atoms with E-state index in [0.717, 1.165) is 25.7 Å². The number of nitrogens with one attached hydrogen (secondary N) is 2. The molecule has 0 radical (unpaired) electrons. The number of aliphatic hydroxyl groups is 2. The molecular formula is C11H20N2O3. The standard InChI is InChI=1S/C11H20N2O3/c14-7-5-9(12-6-7)11(16)13-8-3-1-2-4-10(8)15/h7-10,12,14-15H,1-6H2,(H,13,16)/t7?,8-,9?,10-/m0/s1. The number of carbonyl (C=O) groups excluding carboxylic acids is 1. The van der Waals surface area contributed by atoms with Crippen molar-refractivity contribution >= 4 is 5.91 Å². The molecule has 0 spiro atoms. The third kappa shape index (κ3) is 2.72. The molecular weight excluding hydrogens is 208 g/mol. The summed E-state index contributed by atoms with van der Waals surface area (Å²) in [5, 5.41) is 24.9. The van der Waals surface area contributed by atoms with Crippen molar-refractivity contribution in [2.45, 2.75) is 56.4 Å². The fraction of sp³-hybridized carbons (Fsp3) is 0.909. The van der Waals surface area contributed by atoms with Gasteiger partial charge in [0.25, 0.3) is 0 Å². The average molecular weight is 228 g/mol. The number of amides is 1. The van der Waals surface area contributed by atoms with E-state index in [0.29, 0.717) is 13.0 Å². The van der Waals surface area contributed by atoms with Crippen LogP contribution < -0.4 is 10.6 Å². The van der Waals surface area contributed by atoms with Crippen LogP contribution in [0.4, 0.5) is 0 Å². The Bertz CT molecular complexity index is 260. The summed E-state index contributed by atoms with van der Waals surface area (Å²) in [7, 11) is 0. The van der Waals surface area contributed by atoms with Crippen LogP contribution in [-0.2, 0) is 4.79 Å². The van der Waals surface area contributed by atoms with Gasteiger partial charge in [0.1, 0.15) is 0 Å². The number of carbonyl (C=O) groups is 1. The lowest BCUT2D eigenvalue weighted by molar-refractivity contribution is -0.124. The van der Waals surface area contributed by atoms with E-state index in [1.54, 1.807) is 0 Å². The van der Waals surface area contributed by atoms with E-state index >= 15 is 0 Å². The second-order valence-corrected chi connectivity index (χ2v) is 4.82. The molecule has 0 aromatic rings. The van der Waals surface area contributed by atoms with E-state index < -0.39 is 12.2 Å². The van der Waals surface area contributed by atoms with Gasteiger partial charge in [-0.15, -0.1) is 0 Å². The van der Waals surface area contributed by atoms with Crippen LogP contribution in [0.1, 0.15) is 32.1 Å². The fourth-order valence-corrected chi connectivity index (χ4v) is 2.48. The Balaban J connectivity index is 1.82. The van der Waals surface area contributed by atoms with Gasteiger partial charge in [-0.3, -0.25) is 4.79 Å². The molecule has 2 aliphatic rings. The molecule has 92 valence electrons. The highest BCUT2D eigenvalue weighted by atomic mass is 16.3. The maximum absolute atomic E-state index is 11.8. The maximum Gasteiger partial charge on any atom is 0.237 e. The number of aliphatic hydroxyl groups excluding tert-OH is 2. The molecule has 4 atom stereocenters. The Kier molecular flexibility index (Phi) is 3.78. The number of hydrogen-bond donors (Lipinski definition) is 4. The van der Waals surface area contributed by atoms with Gasteiger partial charge in [0.05, 0.1) is 24.3 Å². The van der Waals surface area contributed by atoms with Gasteiger partial charge in [0.2, 0.25) is 5.91 Å². The maximum atomic E-state index is 11.8. The smallest absolute Gasteiger partial charge is 0.237 e. The third-order valence-corrected chi connectivity index (χ3v) is 3.48. The lowest BCUT2D eigenvalue weighted by Crippen LogP contribution is -2.50. The van der Waals surface area contributed by atoms with Crippen LogP contribution in [0.2, 0.25) is 0 Å². The van der Waals surface area contributed by atoms with Gasteiger partial charge in [-0.2, -0.15) is 0 Å². The van der Waals surface area contributed by atoms with Crippen molar-refractivity contribution < 1.29 is 15.0 Å². The Hall–Kier alpha value is -0.650. The molecule has 4 N–H and O–H groups in total. The molecule has 1 aliphatic carbocycles. The lowest BCUT2D eigenvalue weighted by Gasteiger charge is -2.29. The van der Waals surface area contributed by atoms with E-state index in [4.69, 9.17) is 0 Å². The normalized spacial score (nSPS) is 39.6. The molecule has 1 heterocycles. The third-order valence-electron chi connectivity index (χ3n) is 3.48. The Morgan fingerprint density at radius 2 is 2.00 bits per heavy atom. The minimum Gasteiger partial charge on any atom is -0.392 e. The van der Waals surface area contributed by atoms with Crippen LogP contribution in [0, 0.1) is 0 Å². The van der Waals surface area contributed by atoms with Crippen molar-refractivity contribution in [2.75, 3.05) is 6.54 Å².